The number of thioether (sulfide) groups is 1. The third-order valence-corrected chi connectivity index (χ3v) is 3.94. The van der Waals surface area contributed by atoms with Crippen LogP contribution >= 0.6 is 27.7 Å². The Balaban J connectivity index is 1.81. The van der Waals surface area contributed by atoms with Crippen LogP contribution in [0.5, 0.6) is 5.75 Å². The predicted octanol–water partition coefficient (Wildman–Crippen LogP) is 4.49. The number of ether oxygens (including phenoxy) is 1. The van der Waals surface area contributed by atoms with Crippen LogP contribution in [0, 0.1) is 11.3 Å². The number of hydrogen-bond acceptors (Lipinski definition) is 3. The van der Waals surface area contributed by atoms with Crippen LogP contribution in [-0.4, -0.2) is 12.4 Å². The third kappa shape index (κ3) is 4.30. The van der Waals surface area contributed by atoms with Crippen LogP contribution in [0.4, 0.5) is 0 Å². The summed E-state index contributed by atoms with van der Waals surface area (Å²) in [6, 6.07) is 17.6. The zero-order valence-electron chi connectivity index (χ0n) is 10.2. The van der Waals surface area contributed by atoms with E-state index >= 15 is 0 Å². The molecule has 0 fully saturated rings. The maximum absolute atomic E-state index is 8.94. The van der Waals surface area contributed by atoms with Gasteiger partial charge in [0.05, 0.1) is 12.2 Å². The molecular formula is C15H12BrNOS. The summed E-state index contributed by atoms with van der Waals surface area (Å²) in [6.07, 6.45) is 0. The Bertz CT molecular complexity index is 577. The molecule has 96 valence electrons. The van der Waals surface area contributed by atoms with E-state index in [9.17, 15) is 0 Å². The molecule has 0 spiro atoms. The van der Waals surface area contributed by atoms with Crippen LogP contribution < -0.4 is 4.74 Å². The molecule has 0 N–H and O–H groups in total. The van der Waals surface area contributed by atoms with E-state index in [1.54, 1.807) is 17.8 Å². The number of hydrogen-bond donors (Lipinski definition) is 0. The Labute approximate surface area is 125 Å². The molecule has 4 heteroatoms. The molecule has 0 atom stereocenters. The molecule has 2 rings (SSSR count). The Morgan fingerprint density at radius 1 is 1.11 bits per heavy atom. The molecular weight excluding hydrogens is 322 g/mol. The molecule has 0 bridgehead atoms. The van der Waals surface area contributed by atoms with Gasteiger partial charge < -0.3 is 4.74 Å². The number of nitriles is 1. The molecule has 2 aromatic carbocycles. The molecule has 0 saturated heterocycles. The molecule has 19 heavy (non-hydrogen) atoms. The van der Waals surface area contributed by atoms with Crippen molar-refractivity contribution in [2.45, 2.75) is 4.90 Å². The highest BCUT2D eigenvalue weighted by molar-refractivity contribution is 9.10. The van der Waals surface area contributed by atoms with Gasteiger partial charge >= 0.3 is 0 Å². The van der Waals surface area contributed by atoms with Crippen molar-refractivity contribution in [3.8, 4) is 11.8 Å². The molecule has 2 aromatic rings. The van der Waals surface area contributed by atoms with Crippen LogP contribution in [0.25, 0.3) is 0 Å². The van der Waals surface area contributed by atoms with Gasteiger partial charge in [0.2, 0.25) is 0 Å². The minimum atomic E-state index is 0.580. The van der Waals surface area contributed by atoms with E-state index in [-0.39, 0.29) is 0 Å². The molecule has 0 amide bonds. The molecule has 2 nitrogen and oxygen atoms in total. The summed E-state index contributed by atoms with van der Waals surface area (Å²) in [6.45, 7) is 0.583. The first-order valence-electron chi connectivity index (χ1n) is 5.80. The van der Waals surface area contributed by atoms with Gasteiger partial charge in [-0.15, -0.1) is 11.8 Å². The molecule has 0 aliphatic rings. The van der Waals surface area contributed by atoms with Gasteiger partial charge in [0, 0.05) is 15.1 Å². The summed E-state index contributed by atoms with van der Waals surface area (Å²) in [7, 11) is 0. The van der Waals surface area contributed by atoms with E-state index in [2.05, 4.69) is 34.1 Å². The SMILES string of the molecule is N#Cc1ccccc1OCCSc1ccc(Br)cc1. The van der Waals surface area contributed by atoms with Crippen molar-refractivity contribution in [1.82, 2.24) is 0 Å². The second-order valence-corrected chi connectivity index (χ2v) is 5.84. The largest absolute Gasteiger partial charge is 0.491 e. The van der Waals surface area contributed by atoms with Gasteiger partial charge in [0.1, 0.15) is 11.8 Å². The minimum absolute atomic E-state index is 0.580. The molecule has 0 heterocycles. The lowest BCUT2D eigenvalue weighted by Crippen LogP contribution is -2.01. The molecule has 0 unspecified atom stereocenters. The van der Waals surface area contributed by atoms with Crippen molar-refractivity contribution < 1.29 is 4.74 Å². The standard InChI is InChI=1S/C15H12BrNOS/c16-13-5-7-14(8-6-13)19-10-9-18-15-4-2-1-3-12(15)11-17/h1-8H,9-10H2. The second kappa shape index (κ2) is 7.22. The predicted molar refractivity (Wildman–Crippen MR) is 81.5 cm³/mol. The normalized spacial score (nSPS) is 9.89. The third-order valence-electron chi connectivity index (χ3n) is 2.43. The van der Waals surface area contributed by atoms with Crippen LogP contribution in [0.15, 0.2) is 57.9 Å². The first-order valence-corrected chi connectivity index (χ1v) is 7.58. The van der Waals surface area contributed by atoms with E-state index < -0.39 is 0 Å². The summed E-state index contributed by atoms with van der Waals surface area (Å²) in [5.41, 5.74) is 0.580. The lowest BCUT2D eigenvalue weighted by Gasteiger charge is -2.07. The molecule has 0 radical (unpaired) electrons. The first kappa shape index (κ1) is 14.0. The molecule has 0 aliphatic heterocycles. The van der Waals surface area contributed by atoms with Crippen molar-refractivity contribution in [2.75, 3.05) is 12.4 Å². The Hall–Kier alpha value is -1.44. The summed E-state index contributed by atoms with van der Waals surface area (Å²) < 4.78 is 6.70. The summed E-state index contributed by atoms with van der Waals surface area (Å²) in [5.74, 6) is 1.50. The fraction of sp³-hybridized carbons (Fsp3) is 0.133. The highest BCUT2D eigenvalue weighted by atomic mass is 79.9. The molecule has 0 aromatic heterocycles. The molecule has 0 saturated carbocycles. The van der Waals surface area contributed by atoms with Crippen LogP contribution in [0.2, 0.25) is 0 Å². The number of rotatable bonds is 5. The fourth-order valence-electron chi connectivity index (χ4n) is 1.53. The zero-order chi connectivity index (χ0) is 13.5. The van der Waals surface area contributed by atoms with Gasteiger partial charge in [-0.3, -0.25) is 0 Å². The molecule has 0 aliphatic carbocycles. The lowest BCUT2D eigenvalue weighted by molar-refractivity contribution is 0.343. The summed E-state index contributed by atoms with van der Waals surface area (Å²) >= 11 is 5.14. The van der Waals surface area contributed by atoms with Crippen LogP contribution in [-0.2, 0) is 0 Å². The van der Waals surface area contributed by atoms with E-state index in [0.717, 1.165) is 10.2 Å². The van der Waals surface area contributed by atoms with Crippen molar-refractivity contribution >= 4 is 27.7 Å². The number of halogens is 1. The highest BCUT2D eigenvalue weighted by Gasteiger charge is 2.01. The Morgan fingerprint density at radius 2 is 1.84 bits per heavy atom. The van der Waals surface area contributed by atoms with Crippen molar-refractivity contribution in [2.24, 2.45) is 0 Å². The van der Waals surface area contributed by atoms with Crippen molar-refractivity contribution in [3.63, 3.8) is 0 Å². The summed E-state index contributed by atoms with van der Waals surface area (Å²) in [5, 5.41) is 8.94. The van der Waals surface area contributed by atoms with Crippen molar-refractivity contribution in [3.05, 3.63) is 58.6 Å². The average molecular weight is 334 g/mol. The minimum Gasteiger partial charge on any atom is -0.491 e. The second-order valence-electron chi connectivity index (χ2n) is 3.76. The number of para-hydroxylation sites is 1. The summed E-state index contributed by atoms with van der Waals surface area (Å²) in [4.78, 5) is 1.21. The first-order chi connectivity index (χ1) is 9.29. The van der Waals surface area contributed by atoms with Gasteiger partial charge in [-0.05, 0) is 36.4 Å². The highest BCUT2D eigenvalue weighted by Crippen LogP contribution is 2.21. The smallest absolute Gasteiger partial charge is 0.137 e. The Morgan fingerprint density at radius 3 is 2.58 bits per heavy atom. The number of benzene rings is 2. The van der Waals surface area contributed by atoms with Crippen LogP contribution in [0.1, 0.15) is 5.56 Å². The van der Waals surface area contributed by atoms with Crippen LogP contribution in [0.3, 0.4) is 0 Å². The zero-order valence-corrected chi connectivity index (χ0v) is 12.6. The maximum Gasteiger partial charge on any atom is 0.137 e. The van der Waals surface area contributed by atoms with Gasteiger partial charge in [-0.2, -0.15) is 5.26 Å². The fourth-order valence-corrected chi connectivity index (χ4v) is 2.52. The van der Waals surface area contributed by atoms with E-state index in [4.69, 9.17) is 10.00 Å². The number of nitrogens with zero attached hydrogens (tertiary/aromatic N) is 1. The van der Waals surface area contributed by atoms with E-state index in [1.807, 2.05) is 30.3 Å². The van der Waals surface area contributed by atoms with Gasteiger partial charge in [-0.25, -0.2) is 0 Å². The van der Waals surface area contributed by atoms with E-state index in [0.29, 0.717) is 17.9 Å². The van der Waals surface area contributed by atoms with Crippen molar-refractivity contribution in [1.29, 1.82) is 5.26 Å². The average Bonchev–Trinajstić information content (AvgIpc) is 2.46. The monoisotopic (exact) mass is 333 g/mol. The Kier molecular flexibility index (Phi) is 5.31. The topological polar surface area (TPSA) is 33.0 Å². The van der Waals surface area contributed by atoms with Gasteiger partial charge in [0.15, 0.2) is 0 Å². The van der Waals surface area contributed by atoms with E-state index in [1.165, 1.54) is 4.90 Å². The maximum atomic E-state index is 8.94. The quantitative estimate of drug-likeness (QED) is 0.596. The van der Waals surface area contributed by atoms with Gasteiger partial charge in [0.25, 0.3) is 0 Å². The van der Waals surface area contributed by atoms with Gasteiger partial charge in [-0.1, -0.05) is 28.1 Å². The lowest BCUT2D eigenvalue weighted by atomic mass is 10.2.